The third kappa shape index (κ3) is 5.92. The van der Waals surface area contributed by atoms with Gasteiger partial charge in [-0.25, -0.2) is 0 Å². The molecule has 2 aromatic rings. The number of anilines is 1. The Hall–Kier alpha value is -3.67. The van der Waals surface area contributed by atoms with Gasteiger partial charge in [-0.15, -0.1) is 0 Å². The summed E-state index contributed by atoms with van der Waals surface area (Å²) in [7, 11) is 1.30. The number of pyridine rings is 1. The van der Waals surface area contributed by atoms with Crippen molar-refractivity contribution in [3.8, 4) is 5.75 Å². The number of alkyl halides is 3. The molecule has 166 valence electrons. The average molecular weight is 439 g/mol. The van der Waals surface area contributed by atoms with Crippen LogP contribution in [-0.2, 0) is 22.4 Å². The van der Waals surface area contributed by atoms with Crippen molar-refractivity contribution in [1.29, 1.82) is 0 Å². The van der Waals surface area contributed by atoms with E-state index in [2.05, 4.69) is 15.3 Å². The number of hydrogen-bond donors (Lipinski definition) is 4. The Balaban J connectivity index is 2.26. The number of aromatic nitrogens is 1. The van der Waals surface area contributed by atoms with Crippen LogP contribution in [0.4, 0.5) is 18.9 Å². The number of carbonyl (C=O) groups is 2. The number of halogens is 3. The second kappa shape index (κ2) is 9.89. The van der Waals surface area contributed by atoms with Crippen molar-refractivity contribution in [3.63, 3.8) is 0 Å². The summed E-state index contributed by atoms with van der Waals surface area (Å²) in [6.07, 6.45) is -3.61. The van der Waals surface area contributed by atoms with Gasteiger partial charge in [-0.1, -0.05) is 6.07 Å². The quantitative estimate of drug-likeness (QED) is 0.350. The number of hydrogen-bond acceptors (Lipinski definition) is 7. The number of aliphatic imine (C=N–C) groups is 1. The van der Waals surface area contributed by atoms with Gasteiger partial charge in [-0.05, 0) is 24.3 Å². The minimum absolute atomic E-state index is 0.112. The molecule has 1 unspecified atom stereocenters. The second-order valence-electron chi connectivity index (χ2n) is 6.23. The molecule has 0 bridgehead atoms. The van der Waals surface area contributed by atoms with Gasteiger partial charge < -0.3 is 26.6 Å². The topological polar surface area (TPSA) is 153 Å². The Labute approximate surface area is 174 Å². The Morgan fingerprint density at radius 1 is 1.32 bits per heavy atom. The monoisotopic (exact) mass is 439 g/mol. The first-order chi connectivity index (χ1) is 14.6. The van der Waals surface area contributed by atoms with Gasteiger partial charge in [-0.2, -0.15) is 13.2 Å². The number of amides is 2. The van der Waals surface area contributed by atoms with Crippen LogP contribution < -0.4 is 21.5 Å². The van der Waals surface area contributed by atoms with Crippen molar-refractivity contribution in [2.24, 2.45) is 10.7 Å². The fourth-order valence-corrected chi connectivity index (χ4v) is 2.58. The molecule has 0 aliphatic rings. The Kier molecular flexibility index (Phi) is 7.53. The van der Waals surface area contributed by atoms with E-state index in [0.717, 1.165) is 6.20 Å². The predicted molar refractivity (Wildman–Crippen MR) is 105 cm³/mol. The van der Waals surface area contributed by atoms with Gasteiger partial charge in [0.15, 0.2) is 5.69 Å². The van der Waals surface area contributed by atoms with Gasteiger partial charge in [-0.3, -0.25) is 19.6 Å². The van der Waals surface area contributed by atoms with Gasteiger partial charge in [0.1, 0.15) is 24.1 Å². The van der Waals surface area contributed by atoms with Crippen LogP contribution in [0.2, 0.25) is 0 Å². The summed E-state index contributed by atoms with van der Waals surface area (Å²) in [5.41, 5.74) is 9.78. The van der Waals surface area contributed by atoms with Crippen LogP contribution >= 0.6 is 0 Å². The van der Waals surface area contributed by atoms with E-state index in [1.54, 1.807) is 0 Å². The molecule has 0 radical (unpaired) electrons. The molecule has 0 fully saturated rings. The highest BCUT2D eigenvalue weighted by atomic mass is 19.4. The Morgan fingerprint density at radius 2 is 2.03 bits per heavy atom. The zero-order valence-corrected chi connectivity index (χ0v) is 16.3. The van der Waals surface area contributed by atoms with Crippen molar-refractivity contribution in [2.45, 2.75) is 18.8 Å². The number of rotatable bonds is 8. The SMILES string of the molecule is CN=C(C(=O)NC(CO)C(N)=O)c1cc(OCc2cccnc2C(F)(F)F)ccc1N. The third-order valence-electron chi connectivity index (χ3n) is 4.10. The zero-order valence-electron chi connectivity index (χ0n) is 16.3. The van der Waals surface area contributed by atoms with E-state index in [1.165, 1.54) is 37.4 Å². The van der Waals surface area contributed by atoms with Crippen molar-refractivity contribution < 1.29 is 32.6 Å². The van der Waals surface area contributed by atoms with E-state index in [-0.39, 0.29) is 28.3 Å². The molecule has 0 saturated carbocycles. The molecule has 1 atom stereocenters. The summed E-state index contributed by atoms with van der Waals surface area (Å²) >= 11 is 0. The molecule has 0 saturated heterocycles. The molecule has 31 heavy (non-hydrogen) atoms. The van der Waals surface area contributed by atoms with Crippen LogP contribution in [0.15, 0.2) is 41.5 Å². The van der Waals surface area contributed by atoms with Crippen LogP contribution in [0, 0.1) is 0 Å². The maximum atomic E-state index is 13.1. The molecule has 0 spiro atoms. The van der Waals surface area contributed by atoms with Crippen LogP contribution in [-0.4, -0.2) is 47.3 Å². The molecule has 1 heterocycles. The van der Waals surface area contributed by atoms with E-state index in [4.69, 9.17) is 21.3 Å². The fourth-order valence-electron chi connectivity index (χ4n) is 2.58. The number of nitrogen functional groups attached to an aromatic ring is 1. The summed E-state index contributed by atoms with van der Waals surface area (Å²) in [5, 5.41) is 11.4. The molecule has 12 heteroatoms. The minimum atomic E-state index is -4.64. The molecule has 2 amide bonds. The molecule has 1 aromatic carbocycles. The highest BCUT2D eigenvalue weighted by molar-refractivity contribution is 6.46. The summed E-state index contributed by atoms with van der Waals surface area (Å²) in [6.45, 7) is -1.16. The molecule has 6 N–H and O–H groups in total. The standard InChI is InChI=1S/C19H20F3N5O4/c1-25-15(18(30)27-14(8-28)17(24)29)12-7-11(4-5-13(12)23)31-9-10-3-2-6-26-16(10)19(20,21)22/h2-7,14,28H,8-9,23H2,1H3,(H2,24,29)(H,27,30). The first-order valence-electron chi connectivity index (χ1n) is 8.80. The maximum Gasteiger partial charge on any atom is 0.433 e. The molecular weight excluding hydrogens is 419 g/mol. The molecule has 9 nitrogen and oxygen atoms in total. The number of nitrogens with two attached hydrogens (primary N) is 2. The van der Waals surface area contributed by atoms with Crippen molar-refractivity contribution in [3.05, 3.63) is 53.3 Å². The summed E-state index contributed by atoms with van der Waals surface area (Å²) in [6, 6.07) is 5.36. The lowest BCUT2D eigenvalue weighted by molar-refractivity contribution is -0.142. The lowest BCUT2D eigenvalue weighted by Crippen LogP contribution is -2.49. The number of primary amides is 1. The van der Waals surface area contributed by atoms with Crippen molar-refractivity contribution >= 4 is 23.2 Å². The fraction of sp³-hybridized carbons (Fsp3) is 0.263. The molecule has 0 aliphatic carbocycles. The third-order valence-corrected chi connectivity index (χ3v) is 4.10. The van der Waals surface area contributed by atoms with E-state index in [1.807, 2.05) is 0 Å². The normalized spacial score (nSPS) is 12.9. The number of ether oxygens (including phenoxy) is 1. The van der Waals surface area contributed by atoms with Crippen LogP contribution in [0.25, 0.3) is 0 Å². The van der Waals surface area contributed by atoms with Gasteiger partial charge in [0.2, 0.25) is 5.91 Å². The predicted octanol–water partition coefficient (Wildman–Crippen LogP) is 0.643. The summed E-state index contributed by atoms with van der Waals surface area (Å²) < 4.78 is 44.7. The van der Waals surface area contributed by atoms with Gasteiger partial charge in [0, 0.05) is 30.1 Å². The highest BCUT2D eigenvalue weighted by Gasteiger charge is 2.35. The van der Waals surface area contributed by atoms with Gasteiger partial charge in [0.05, 0.1) is 6.61 Å². The highest BCUT2D eigenvalue weighted by Crippen LogP contribution is 2.31. The molecule has 0 aliphatic heterocycles. The van der Waals surface area contributed by atoms with Gasteiger partial charge >= 0.3 is 6.18 Å². The van der Waals surface area contributed by atoms with Crippen LogP contribution in [0.1, 0.15) is 16.8 Å². The average Bonchev–Trinajstić information content (AvgIpc) is 2.72. The van der Waals surface area contributed by atoms with Crippen molar-refractivity contribution in [1.82, 2.24) is 10.3 Å². The van der Waals surface area contributed by atoms with Crippen molar-refractivity contribution in [2.75, 3.05) is 19.4 Å². The van der Waals surface area contributed by atoms with E-state index in [9.17, 15) is 22.8 Å². The van der Waals surface area contributed by atoms with Gasteiger partial charge in [0.25, 0.3) is 5.91 Å². The number of benzene rings is 1. The molecule has 2 rings (SSSR count). The lowest BCUT2D eigenvalue weighted by atomic mass is 10.1. The van der Waals surface area contributed by atoms with E-state index in [0.29, 0.717) is 0 Å². The summed E-state index contributed by atoms with van der Waals surface area (Å²) in [5.74, 6) is -1.67. The number of nitrogens with one attached hydrogen (secondary N) is 1. The number of aliphatic hydroxyl groups is 1. The minimum Gasteiger partial charge on any atom is -0.489 e. The lowest BCUT2D eigenvalue weighted by Gasteiger charge is -2.16. The maximum absolute atomic E-state index is 13.1. The van der Waals surface area contributed by atoms with E-state index < -0.39 is 42.9 Å². The number of carbonyl (C=O) groups excluding carboxylic acids is 2. The summed E-state index contributed by atoms with van der Waals surface area (Å²) in [4.78, 5) is 30.9. The Bertz CT molecular complexity index is 995. The second-order valence-corrected chi connectivity index (χ2v) is 6.23. The Morgan fingerprint density at radius 3 is 2.61 bits per heavy atom. The molecule has 1 aromatic heterocycles. The smallest absolute Gasteiger partial charge is 0.433 e. The zero-order chi connectivity index (χ0) is 23.2. The first kappa shape index (κ1) is 23.6. The molecular formula is C19H20F3N5O4. The largest absolute Gasteiger partial charge is 0.489 e. The van der Waals surface area contributed by atoms with Crippen LogP contribution in [0.3, 0.4) is 0 Å². The number of aliphatic hydroxyl groups excluding tert-OH is 1. The van der Waals surface area contributed by atoms with E-state index >= 15 is 0 Å². The first-order valence-corrected chi connectivity index (χ1v) is 8.80. The van der Waals surface area contributed by atoms with Crippen LogP contribution in [0.5, 0.6) is 5.75 Å². The number of nitrogens with zero attached hydrogens (tertiary/aromatic N) is 2.